The van der Waals surface area contributed by atoms with E-state index in [1.807, 2.05) is 19.9 Å². The number of methoxy groups -OCH3 is 1. The smallest absolute Gasteiger partial charge is 0.222 e. The quantitative estimate of drug-likeness (QED) is 0.544. The normalized spacial score (nSPS) is 12.1. The number of nitrogens with two attached hydrogens (primary N) is 1. The molecular weight excluding hydrogens is 366 g/mol. The van der Waals surface area contributed by atoms with Gasteiger partial charge in [0.15, 0.2) is 0 Å². The van der Waals surface area contributed by atoms with Crippen LogP contribution in [0.4, 0.5) is 5.69 Å². The summed E-state index contributed by atoms with van der Waals surface area (Å²) in [7, 11) is 1.62. The van der Waals surface area contributed by atoms with Crippen molar-refractivity contribution in [2.45, 2.75) is 25.8 Å². The zero-order chi connectivity index (χ0) is 20.1. The van der Waals surface area contributed by atoms with Crippen molar-refractivity contribution >= 4 is 35.4 Å². The Morgan fingerprint density at radius 1 is 1.25 bits per heavy atom. The number of allylic oxidation sites excluding steroid dienone is 1. The molecule has 0 amide bonds. The number of rotatable bonds is 7. The molecule has 3 aromatic rings. The minimum Gasteiger partial charge on any atom is -0.481 e. The van der Waals surface area contributed by atoms with Gasteiger partial charge in [0.25, 0.3) is 0 Å². The maximum absolute atomic E-state index is 6.20. The van der Waals surface area contributed by atoms with Crippen molar-refractivity contribution in [2.75, 3.05) is 7.11 Å². The minimum atomic E-state index is -0.349. The summed E-state index contributed by atoms with van der Waals surface area (Å²) in [6.45, 7) is 7.70. The molecule has 0 saturated heterocycles. The lowest BCUT2D eigenvalue weighted by Crippen LogP contribution is -2.28. The van der Waals surface area contributed by atoms with Crippen LogP contribution in [-0.2, 0) is 12.0 Å². The van der Waals surface area contributed by atoms with E-state index in [4.69, 9.17) is 10.5 Å². The monoisotopic (exact) mass is 391 g/mol. The molecule has 28 heavy (non-hydrogen) atoms. The first-order valence-electron chi connectivity index (χ1n) is 9.05. The Kier molecular flexibility index (Phi) is 6.07. The van der Waals surface area contributed by atoms with Crippen molar-refractivity contribution in [2.24, 2.45) is 10.7 Å². The largest absolute Gasteiger partial charge is 0.481 e. The molecule has 2 aromatic heterocycles. The van der Waals surface area contributed by atoms with Gasteiger partial charge in [0, 0.05) is 16.6 Å². The average molecular weight is 392 g/mol. The van der Waals surface area contributed by atoms with Gasteiger partial charge in [-0.15, -0.1) is 11.3 Å². The van der Waals surface area contributed by atoms with Gasteiger partial charge in [-0.05, 0) is 67.3 Å². The minimum absolute atomic E-state index is 0.349. The second-order valence-corrected chi connectivity index (χ2v) is 8.10. The van der Waals surface area contributed by atoms with E-state index < -0.39 is 0 Å². The molecule has 2 N–H and O–H groups in total. The van der Waals surface area contributed by atoms with E-state index in [0.29, 0.717) is 5.88 Å². The summed E-state index contributed by atoms with van der Waals surface area (Å²) >= 11 is 1.71. The molecule has 5 heteroatoms. The number of thiophene rings is 1. The van der Waals surface area contributed by atoms with Crippen molar-refractivity contribution in [1.29, 1.82) is 0 Å². The van der Waals surface area contributed by atoms with E-state index in [1.165, 1.54) is 16.0 Å². The van der Waals surface area contributed by atoms with Crippen molar-refractivity contribution in [3.8, 4) is 5.88 Å². The van der Waals surface area contributed by atoms with Gasteiger partial charge < -0.3 is 10.5 Å². The van der Waals surface area contributed by atoms with E-state index in [-0.39, 0.29) is 5.54 Å². The van der Waals surface area contributed by atoms with Crippen LogP contribution in [0, 0.1) is 0 Å². The van der Waals surface area contributed by atoms with Crippen LogP contribution in [0.15, 0.2) is 59.0 Å². The van der Waals surface area contributed by atoms with Crippen LogP contribution >= 0.6 is 11.3 Å². The molecule has 4 nitrogen and oxygen atoms in total. The van der Waals surface area contributed by atoms with Gasteiger partial charge >= 0.3 is 0 Å². The van der Waals surface area contributed by atoms with Crippen LogP contribution < -0.4 is 10.5 Å². The lowest BCUT2D eigenvalue weighted by molar-refractivity contribution is 0.397. The van der Waals surface area contributed by atoms with Crippen LogP contribution in [0.5, 0.6) is 5.88 Å². The molecule has 3 rings (SSSR count). The van der Waals surface area contributed by atoms with Gasteiger partial charge in [-0.3, -0.25) is 4.99 Å². The van der Waals surface area contributed by atoms with Crippen molar-refractivity contribution < 1.29 is 4.74 Å². The second kappa shape index (κ2) is 8.50. The molecule has 144 valence electrons. The number of nitrogens with zero attached hydrogens (tertiary/aromatic N) is 2. The third-order valence-electron chi connectivity index (χ3n) is 4.54. The first kappa shape index (κ1) is 20.0. The topological polar surface area (TPSA) is 60.5 Å². The molecule has 0 aliphatic carbocycles. The summed E-state index contributed by atoms with van der Waals surface area (Å²) in [5, 5.41) is 2.08. The van der Waals surface area contributed by atoms with E-state index in [1.54, 1.807) is 24.6 Å². The lowest BCUT2D eigenvalue weighted by atomic mass is 9.93. The molecule has 0 aliphatic heterocycles. The summed E-state index contributed by atoms with van der Waals surface area (Å²) in [5.74, 6) is 0.541. The summed E-state index contributed by atoms with van der Waals surface area (Å²) < 4.78 is 5.46. The standard InChI is InChI=1S/C23H25N3OS/c1-23(2,24)18-9-7-16(8-10-18)14-17(21-6-5-13-28-21)15-19-20(25-3)11-12-26-22(19)27-4/h5-13,15H,3,14,24H2,1-2,4H3/b17-15+. The fourth-order valence-electron chi connectivity index (χ4n) is 3.00. The Labute approximate surface area is 170 Å². The zero-order valence-electron chi connectivity index (χ0n) is 16.5. The molecule has 0 fully saturated rings. The van der Waals surface area contributed by atoms with Crippen molar-refractivity contribution in [1.82, 2.24) is 4.98 Å². The summed E-state index contributed by atoms with van der Waals surface area (Å²) in [5.41, 5.74) is 10.9. The number of aromatic nitrogens is 1. The van der Waals surface area contributed by atoms with Gasteiger partial charge in [0.05, 0.1) is 18.4 Å². The highest BCUT2D eigenvalue weighted by molar-refractivity contribution is 7.11. The molecule has 0 aliphatic rings. The van der Waals surface area contributed by atoms with E-state index in [2.05, 4.69) is 64.5 Å². The number of pyridine rings is 1. The SMILES string of the molecule is C=Nc1ccnc(OC)c1/C=C(\Cc1ccc(C(C)(C)N)cc1)c1cccs1. The summed E-state index contributed by atoms with van der Waals surface area (Å²) in [6, 6.07) is 14.5. The average Bonchev–Trinajstić information content (AvgIpc) is 3.22. The Balaban J connectivity index is 2.02. The number of hydrogen-bond donors (Lipinski definition) is 1. The van der Waals surface area contributed by atoms with Crippen molar-refractivity contribution in [3.05, 3.63) is 75.6 Å². The highest BCUT2D eigenvalue weighted by atomic mass is 32.1. The van der Waals surface area contributed by atoms with Crippen molar-refractivity contribution in [3.63, 3.8) is 0 Å². The van der Waals surface area contributed by atoms with Crippen LogP contribution in [0.1, 0.15) is 35.4 Å². The first-order chi connectivity index (χ1) is 13.4. The lowest BCUT2D eigenvalue weighted by Gasteiger charge is -2.19. The third-order valence-corrected chi connectivity index (χ3v) is 5.49. The predicted molar refractivity (Wildman–Crippen MR) is 120 cm³/mol. The van der Waals surface area contributed by atoms with Gasteiger partial charge in [-0.1, -0.05) is 30.3 Å². The third kappa shape index (κ3) is 4.55. The molecule has 0 unspecified atom stereocenters. The van der Waals surface area contributed by atoms with Crippen LogP contribution in [-0.4, -0.2) is 18.8 Å². The maximum atomic E-state index is 6.20. The number of benzene rings is 1. The number of ether oxygens (including phenoxy) is 1. The van der Waals surface area contributed by atoms with Gasteiger partial charge in [0.1, 0.15) is 0 Å². The molecule has 1 aromatic carbocycles. The van der Waals surface area contributed by atoms with Gasteiger partial charge in [-0.25, -0.2) is 4.98 Å². The van der Waals surface area contributed by atoms with E-state index in [9.17, 15) is 0 Å². The van der Waals surface area contributed by atoms with E-state index >= 15 is 0 Å². The van der Waals surface area contributed by atoms with Crippen LogP contribution in [0.3, 0.4) is 0 Å². The fraction of sp³-hybridized carbons (Fsp3) is 0.217. The fourth-order valence-corrected chi connectivity index (χ4v) is 3.74. The molecule has 0 saturated carbocycles. The maximum Gasteiger partial charge on any atom is 0.222 e. The number of hydrogen-bond acceptors (Lipinski definition) is 5. The molecule has 0 atom stereocenters. The Morgan fingerprint density at radius 2 is 2.00 bits per heavy atom. The van der Waals surface area contributed by atoms with Crippen LogP contribution in [0.25, 0.3) is 11.6 Å². The Morgan fingerprint density at radius 3 is 2.57 bits per heavy atom. The van der Waals surface area contributed by atoms with E-state index in [0.717, 1.165) is 23.2 Å². The highest BCUT2D eigenvalue weighted by Gasteiger charge is 2.15. The Bertz CT molecular complexity index is 968. The second-order valence-electron chi connectivity index (χ2n) is 7.15. The molecule has 0 radical (unpaired) electrons. The van der Waals surface area contributed by atoms with Gasteiger partial charge in [-0.2, -0.15) is 0 Å². The molecule has 0 bridgehead atoms. The van der Waals surface area contributed by atoms with Gasteiger partial charge in [0.2, 0.25) is 5.88 Å². The van der Waals surface area contributed by atoms with Crippen LogP contribution in [0.2, 0.25) is 0 Å². The first-order valence-corrected chi connectivity index (χ1v) is 9.93. The molecular formula is C23H25N3OS. The molecule has 2 heterocycles. The summed E-state index contributed by atoms with van der Waals surface area (Å²) in [4.78, 5) is 9.65. The number of aliphatic imine (C=N–C) groups is 1. The molecule has 0 spiro atoms. The Hall–Kier alpha value is -2.76. The highest BCUT2D eigenvalue weighted by Crippen LogP contribution is 2.33. The zero-order valence-corrected chi connectivity index (χ0v) is 17.3. The predicted octanol–water partition coefficient (Wildman–Crippen LogP) is 5.46. The summed E-state index contributed by atoms with van der Waals surface area (Å²) in [6.07, 6.45) is 4.56.